The number of benzene rings is 1. The molecule has 0 saturated carbocycles. The van der Waals surface area contributed by atoms with Crippen LogP contribution in [-0.4, -0.2) is 31.7 Å². The maximum absolute atomic E-state index is 5.72. The molecule has 2 aromatic rings. The molecule has 5 nitrogen and oxygen atoms in total. The molecule has 0 amide bonds. The van der Waals surface area contributed by atoms with Crippen molar-refractivity contribution < 1.29 is 13.9 Å². The van der Waals surface area contributed by atoms with Gasteiger partial charge in [0.25, 0.3) is 0 Å². The molecule has 6 heteroatoms. The van der Waals surface area contributed by atoms with Crippen molar-refractivity contribution in [1.29, 1.82) is 0 Å². The maximum Gasteiger partial charge on any atom is 0.247 e. The van der Waals surface area contributed by atoms with Crippen molar-refractivity contribution in [2.75, 3.05) is 13.4 Å². The molecule has 1 aromatic carbocycles. The molecule has 0 aliphatic rings. The van der Waals surface area contributed by atoms with Crippen molar-refractivity contribution in [2.24, 2.45) is 0 Å². The summed E-state index contributed by atoms with van der Waals surface area (Å²) in [5, 5.41) is 7.87. The molecule has 2 rings (SSSR count). The molecule has 0 fully saturated rings. The topological polar surface area (TPSA) is 57.4 Å². The SMILES string of the molecule is Cc1nnc(-c2ccc(C)c(OCOCC[Si](C)(C)C)c2)o1. The molecule has 0 bridgehead atoms. The monoisotopic (exact) mass is 320 g/mol. The quantitative estimate of drug-likeness (QED) is 0.438. The first-order valence-corrected chi connectivity index (χ1v) is 11.2. The fraction of sp³-hybridized carbons (Fsp3) is 0.500. The van der Waals surface area contributed by atoms with Crippen LogP contribution in [0.3, 0.4) is 0 Å². The summed E-state index contributed by atoms with van der Waals surface area (Å²) in [4.78, 5) is 0. The average molecular weight is 320 g/mol. The van der Waals surface area contributed by atoms with Crippen LogP contribution in [-0.2, 0) is 4.74 Å². The molecule has 0 N–H and O–H groups in total. The first-order chi connectivity index (χ1) is 10.3. The number of ether oxygens (including phenoxy) is 2. The number of aromatic nitrogens is 2. The third-order valence-electron chi connectivity index (χ3n) is 3.26. The van der Waals surface area contributed by atoms with Crippen molar-refractivity contribution in [1.82, 2.24) is 10.2 Å². The molecule has 1 aromatic heterocycles. The van der Waals surface area contributed by atoms with Crippen LogP contribution in [0, 0.1) is 13.8 Å². The molecule has 0 spiro atoms. The molecular formula is C16H24N2O3Si. The van der Waals surface area contributed by atoms with Gasteiger partial charge in [-0.15, -0.1) is 10.2 Å². The standard InChI is InChI=1S/C16H24N2O3Si/c1-12-6-7-14(16-18-17-13(2)21-16)10-15(12)20-11-19-8-9-22(3,4)5/h6-7,10H,8-9,11H2,1-5H3. The summed E-state index contributed by atoms with van der Waals surface area (Å²) in [6, 6.07) is 6.97. The molecule has 0 saturated heterocycles. The van der Waals surface area contributed by atoms with Crippen molar-refractivity contribution >= 4 is 8.07 Å². The molecule has 0 radical (unpaired) electrons. The largest absolute Gasteiger partial charge is 0.467 e. The van der Waals surface area contributed by atoms with E-state index in [4.69, 9.17) is 13.9 Å². The number of rotatable bonds is 7. The highest BCUT2D eigenvalue weighted by Gasteiger charge is 2.12. The van der Waals surface area contributed by atoms with Crippen molar-refractivity contribution in [3.63, 3.8) is 0 Å². The number of hydrogen-bond donors (Lipinski definition) is 0. The van der Waals surface area contributed by atoms with Gasteiger partial charge >= 0.3 is 0 Å². The minimum Gasteiger partial charge on any atom is -0.467 e. The van der Waals surface area contributed by atoms with Crippen LogP contribution in [0.1, 0.15) is 11.5 Å². The minimum absolute atomic E-state index is 0.262. The van der Waals surface area contributed by atoms with Crippen LogP contribution in [0.25, 0.3) is 11.5 Å². The van der Waals surface area contributed by atoms with E-state index in [2.05, 4.69) is 29.8 Å². The Kier molecular flexibility index (Phi) is 5.36. The van der Waals surface area contributed by atoms with Crippen LogP contribution in [0.5, 0.6) is 5.75 Å². The smallest absolute Gasteiger partial charge is 0.247 e. The Bertz CT molecular complexity index is 620. The van der Waals surface area contributed by atoms with Gasteiger partial charge in [-0.2, -0.15) is 0 Å². The lowest BCUT2D eigenvalue weighted by molar-refractivity contribution is 0.0217. The fourth-order valence-corrected chi connectivity index (χ4v) is 2.60. The molecule has 120 valence electrons. The van der Waals surface area contributed by atoms with Gasteiger partial charge in [-0.25, -0.2) is 0 Å². The Hall–Kier alpha value is -1.66. The fourth-order valence-electron chi connectivity index (χ4n) is 1.84. The van der Waals surface area contributed by atoms with E-state index in [1.165, 1.54) is 0 Å². The Morgan fingerprint density at radius 2 is 1.91 bits per heavy atom. The van der Waals surface area contributed by atoms with Gasteiger partial charge in [0, 0.05) is 27.2 Å². The summed E-state index contributed by atoms with van der Waals surface area (Å²) in [6.07, 6.45) is 0. The molecule has 1 heterocycles. The summed E-state index contributed by atoms with van der Waals surface area (Å²) in [5.74, 6) is 1.83. The van der Waals surface area contributed by atoms with E-state index in [1.807, 2.05) is 25.1 Å². The normalized spacial score (nSPS) is 11.7. The highest BCUT2D eigenvalue weighted by atomic mass is 28.3. The molecule has 22 heavy (non-hydrogen) atoms. The van der Waals surface area contributed by atoms with Crippen molar-refractivity contribution in [3.8, 4) is 17.2 Å². The lowest BCUT2D eigenvalue weighted by atomic mass is 10.1. The van der Waals surface area contributed by atoms with E-state index in [-0.39, 0.29) is 6.79 Å². The van der Waals surface area contributed by atoms with Gasteiger partial charge in [0.05, 0.1) is 0 Å². The van der Waals surface area contributed by atoms with Crippen LogP contribution in [0.2, 0.25) is 25.7 Å². The second kappa shape index (κ2) is 7.06. The Morgan fingerprint density at radius 3 is 2.55 bits per heavy atom. The summed E-state index contributed by atoms with van der Waals surface area (Å²) in [7, 11) is -1.06. The van der Waals surface area contributed by atoms with Gasteiger partial charge in [0.2, 0.25) is 11.8 Å². The first-order valence-electron chi connectivity index (χ1n) is 7.47. The van der Waals surface area contributed by atoms with Gasteiger partial charge in [-0.1, -0.05) is 25.7 Å². The Morgan fingerprint density at radius 1 is 1.14 bits per heavy atom. The van der Waals surface area contributed by atoms with E-state index < -0.39 is 8.07 Å². The average Bonchev–Trinajstić information content (AvgIpc) is 2.86. The van der Waals surface area contributed by atoms with Crippen LogP contribution >= 0.6 is 0 Å². The number of nitrogens with zero attached hydrogens (tertiary/aromatic N) is 2. The lowest BCUT2D eigenvalue weighted by Gasteiger charge is -2.16. The predicted octanol–water partition coefficient (Wildman–Crippen LogP) is 4.04. The van der Waals surface area contributed by atoms with Crippen molar-refractivity contribution in [2.45, 2.75) is 39.5 Å². The van der Waals surface area contributed by atoms with Crippen LogP contribution < -0.4 is 4.74 Å². The summed E-state index contributed by atoms with van der Waals surface area (Å²) >= 11 is 0. The molecule has 0 atom stereocenters. The summed E-state index contributed by atoms with van der Waals surface area (Å²) in [6.45, 7) is 11.8. The van der Waals surface area contributed by atoms with E-state index in [0.29, 0.717) is 11.8 Å². The zero-order valence-electron chi connectivity index (χ0n) is 14.0. The van der Waals surface area contributed by atoms with Crippen molar-refractivity contribution in [3.05, 3.63) is 29.7 Å². The Balaban J connectivity index is 1.93. The number of aryl methyl sites for hydroxylation is 2. The Labute approximate surface area is 132 Å². The van der Waals surface area contributed by atoms with Gasteiger partial charge in [-0.05, 0) is 30.7 Å². The molecule has 0 unspecified atom stereocenters. The van der Waals surface area contributed by atoms with Gasteiger partial charge in [-0.3, -0.25) is 0 Å². The van der Waals surface area contributed by atoms with Gasteiger partial charge in [0.15, 0.2) is 6.79 Å². The second-order valence-corrected chi connectivity index (χ2v) is 12.2. The first kappa shape index (κ1) is 16.7. The van der Waals surface area contributed by atoms with Gasteiger partial charge < -0.3 is 13.9 Å². The third kappa shape index (κ3) is 4.96. The molecular weight excluding hydrogens is 296 g/mol. The zero-order chi connectivity index (χ0) is 16.2. The van der Waals surface area contributed by atoms with E-state index >= 15 is 0 Å². The molecule has 0 aliphatic heterocycles. The van der Waals surface area contributed by atoms with E-state index in [1.54, 1.807) is 6.92 Å². The summed E-state index contributed by atoms with van der Waals surface area (Å²) < 4.78 is 16.7. The molecule has 0 aliphatic carbocycles. The predicted molar refractivity (Wildman–Crippen MR) is 88.8 cm³/mol. The highest BCUT2D eigenvalue weighted by molar-refractivity contribution is 6.76. The van der Waals surface area contributed by atoms with E-state index in [9.17, 15) is 0 Å². The lowest BCUT2D eigenvalue weighted by Crippen LogP contribution is -2.22. The number of hydrogen-bond acceptors (Lipinski definition) is 5. The maximum atomic E-state index is 5.72. The minimum atomic E-state index is -1.06. The zero-order valence-corrected chi connectivity index (χ0v) is 15.0. The van der Waals surface area contributed by atoms with Crippen LogP contribution in [0.15, 0.2) is 22.6 Å². The van der Waals surface area contributed by atoms with Crippen LogP contribution in [0.4, 0.5) is 0 Å². The third-order valence-corrected chi connectivity index (χ3v) is 4.96. The van der Waals surface area contributed by atoms with Gasteiger partial charge in [0.1, 0.15) is 5.75 Å². The van der Waals surface area contributed by atoms with E-state index in [0.717, 1.165) is 29.5 Å². The summed E-state index contributed by atoms with van der Waals surface area (Å²) in [5.41, 5.74) is 1.90. The second-order valence-electron chi connectivity index (χ2n) is 6.59. The highest BCUT2D eigenvalue weighted by Crippen LogP contribution is 2.26.